The zero-order valence-corrected chi connectivity index (χ0v) is 8.63. The first-order valence-electron chi connectivity index (χ1n) is 5.70. The van der Waals surface area contributed by atoms with E-state index in [-0.39, 0.29) is 5.92 Å². The summed E-state index contributed by atoms with van der Waals surface area (Å²) in [5.74, 6) is 0.714. The Bertz CT molecular complexity index is 195. The highest BCUT2D eigenvalue weighted by Gasteiger charge is 2.23. The lowest BCUT2D eigenvalue weighted by Gasteiger charge is -2.20. The first-order chi connectivity index (χ1) is 6.86. The van der Waals surface area contributed by atoms with Gasteiger partial charge >= 0.3 is 0 Å². The van der Waals surface area contributed by atoms with Gasteiger partial charge in [-0.2, -0.15) is 0 Å². The molecule has 80 valence electrons. The summed E-state index contributed by atoms with van der Waals surface area (Å²) in [6.07, 6.45) is 5.17. The maximum absolute atomic E-state index is 11.7. The van der Waals surface area contributed by atoms with E-state index in [1.54, 1.807) is 0 Å². The second kappa shape index (κ2) is 4.89. The minimum atomic E-state index is 0.282. The van der Waals surface area contributed by atoms with Crippen LogP contribution in [0.1, 0.15) is 32.1 Å². The van der Waals surface area contributed by atoms with Gasteiger partial charge in [0, 0.05) is 38.1 Å². The Morgan fingerprint density at radius 2 is 1.93 bits per heavy atom. The molecule has 0 radical (unpaired) electrons. The average molecular weight is 197 g/mol. The van der Waals surface area contributed by atoms with Crippen LogP contribution in [0.3, 0.4) is 0 Å². The van der Waals surface area contributed by atoms with Crippen molar-refractivity contribution in [1.82, 2.24) is 5.32 Å². The van der Waals surface area contributed by atoms with Crippen LogP contribution in [0.5, 0.6) is 0 Å². The lowest BCUT2D eigenvalue weighted by molar-refractivity contribution is -0.125. The summed E-state index contributed by atoms with van der Waals surface area (Å²) >= 11 is 0. The zero-order chi connectivity index (χ0) is 9.80. The highest BCUT2D eigenvalue weighted by Crippen LogP contribution is 2.19. The number of ether oxygens (including phenoxy) is 1. The molecule has 0 bridgehead atoms. The molecule has 1 heterocycles. The number of nitrogens with one attached hydrogen (secondary N) is 1. The third-order valence-electron chi connectivity index (χ3n) is 3.06. The summed E-state index contributed by atoms with van der Waals surface area (Å²) in [6.45, 7) is 2.42. The standard InChI is InChI=1S/C11H19NO2/c13-11(3-6-12-10-1-2-10)9-4-7-14-8-5-9/h9-10,12H,1-8H2. The summed E-state index contributed by atoms with van der Waals surface area (Å²) in [6, 6.07) is 0.720. The second-order valence-electron chi connectivity index (χ2n) is 4.33. The molecule has 0 aromatic rings. The van der Waals surface area contributed by atoms with E-state index < -0.39 is 0 Å². The van der Waals surface area contributed by atoms with E-state index in [0.717, 1.165) is 38.6 Å². The van der Waals surface area contributed by atoms with Gasteiger partial charge in [-0.15, -0.1) is 0 Å². The quantitative estimate of drug-likeness (QED) is 0.718. The number of ketones is 1. The zero-order valence-electron chi connectivity index (χ0n) is 8.63. The first kappa shape index (κ1) is 10.1. The molecule has 2 rings (SSSR count). The molecule has 2 fully saturated rings. The highest BCUT2D eigenvalue weighted by atomic mass is 16.5. The average Bonchev–Trinajstić information content (AvgIpc) is 3.03. The van der Waals surface area contributed by atoms with Crippen LogP contribution in [0.4, 0.5) is 0 Å². The van der Waals surface area contributed by atoms with Crippen molar-refractivity contribution in [2.45, 2.75) is 38.1 Å². The lowest BCUT2D eigenvalue weighted by atomic mass is 9.93. The van der Waals surface area contributed by atoms with Crippen molar-refractivity contribution in [3.8, 4) is 0 Å². The van der Waals surface area contributed by atoms with Crippen molar-refractivity contribution in [3.05, 3.63) is 0 Å². The molecule has 1 saturated carbocycles. The summed E-state index contributed by atoms with van der Waals surface area (Å²) in [4.78, 5) is 11.7. The summed E-state index contributed by atoms with van der Waals surface area (Å²) < 4.78 is 5.23. The van der Waals surface area contributed by atoms with E-state index in [1.807, 2.05) is 0 Å². The molecule has 0 atom stereocenters. The SMILES string of the molecule is O=C(CCNC1CC1)C1CCOCC1. The van der Waals surface area contributed by atoms with Gasteiger partial charge in [-0.25, -0.2) is 0 Å². The van der Waals surface area contributed by atoms with Crippen LogP contribution in [0, 0.1) is 5.92 Å². The van der Waals surface area contributed by atoms with E-state index in [0.29, 0.717) is 12.2 Å². The van der Waals surface area contributed by atoms with E-state index in [2.05, 4.69) is 5.32 Å². The molecular formula is C11H19NO2. The molecule has 0 amide bonds. The third kappa shape index (κ3) is 3.07. The first-order valence-corrected chi connectivity index (χ1v) is 5.70. The van der Waals surface area contributed by atoms with Crippen molar-refractivity contribution >= 4 is 5.78 Å². The van der Waals surface area contributed by atoms with Gasteiger partial charge in [-0.3, -0.25) is 4.79 Å². The molecule has 1 aliphatic heterocycles. The highest BCUT2D eigenvalue weighted by molar-refractivity contribution is 5.81. The molecule has 14 heavy (non-hydrogen) atoms. The third-order valence-corrected chi connectivity index (χ3v) is 3.06. The Morgan fingerprint density at radius 1 is 1.21 bits per heavy atom. The van der Waals surface area contributed by atoms with Gasteiger partial charge in [-0.1, -0.05) is 0 Å². The largest absolute Gasteiger partial charge is 0.381 e. The number of Topliss-reactive ketones (excluding diaryl/α,β-unsaturated/α-hetero) is 1. The summed E-state index contributed by atoms with van der Waals surface area (Å²) in [5.41, 5.74) is 0. The monoisotopic (exact) mass is 197 g/mol. The lowest BCUT2D eigenvalue weighted by Crippen LogP contribution is -2.27. The van der Waals surface area contributed by atoms with Gasteiger partial charge in [-0.05, 0) is 25.7 Å². The number of carbonyl (C=O) groups excluding carboxylic acids is 1. The van der Waals surface area contributed by atoms with E-state index in [1.165, 1.54) is 12.8 Å². The second-order valence-corrected chi connectivity index (χ2v) is 4.33. The molecule has 0 aromatic heterocycles. The van der Waals surface area contributed by atoms with Crippen molar-refractivity contribution in [2.24, 2.45) is 5.92 Å². The maximum Gasteiger partial charge on any atom is 0.137 e. The van der Waals surface area contributed by atoms with E-state index in [9.17, 15) is 4.79 Å². The van der Waals surface area contributed by atoms with Crippen LogP contribution in [0.25, 0.3) is 0 Å². The molecule has 0 spiro atoms. The number of rotatable bonds is 5. The number of hydrogen-bond donors (Lipinski definition) is 1. The van der Waals surface area contributed by atoms with Crippen LogP contribution in [-0.2, 0) is 9.53 Å². The fraction of sp³-hybridized carbons (Fsp3) is 0.909. The number of hydrogen-bond acceptors (Lipinski definition) is 3. The fourth-order valence-electron chi connectivity index (χ4n) is 1.91. The normalized spacial score (nSPS) is 23.7. The van der Waals surface area contributed by atoms with Crippen LogP contribution >= 0.6 is 0 Å². The molecule has 3 heteroatoms. The maximum atomic E-state index is 11.7. The molecule has 0 unspecified atom stereocenters. The van der Waals surface area contributed by atoms with Gasteiger partial charge in [0.15, 0.2) is 0 Å². The molecule has 1 saturated heterocycles. The smallest absolute Gasteiger partial charge is 0.137 e. The van der Waals surface area contributed by atoms with Crippen molar-refractivity contribution in [3.63, 3.8) is 0 Å². The van der Waals surface area contributed by atoms with Crippen LogP contribution in [0.15, 0.2) is 0 Å². The Balaban J connectivity index is 1.60. The van der Waals surface area contributed by atoms with Gasteiger partial charge < -0.3 is 10.1 Å². The fourth-order valence-corrected chi connectivity index (χ4v) is 1.91. The predicted molar refractivity (Wildman–Crippen MR) is 54.2 cm³/mol. The van der Waals surface area contributed by atoms with Gasteiger partial charge in [0.1, 0.15) is 5.78 Å². The van der Waals surface area contributed by atoms with Crippen LogP contribution in [0.2, 0.25) is 0 Å². The molecule has 1 aliphatic carbocycles. The van der Waals surface area contributed by atoms with Gasteiger partial charge in [0.2, 0.25) is 0 Å². The molecule has 3 nitrogen and oxygen atoms in total. The van der Waals surface area contributed by atoms with E-state index in [4.69, 9.17) is 4.74 Å². The Morgan fingerprint density at radius 3 is 2.57 bits per heavy atom. The predicted octanol–water partition coefficient (Wildman–Crippen LogP) is 1.12. The van der Waals surface area contributed by atoms with Crippen molar-refractivity contribution < 1.29 is 9.53 Å². The summed E-state index contributed by atoms with van der Waals surface area (Å²) in [5, 5.41) is 3.37. The Kier molecular flexibility index (Phi) is 3.54. The molecule has 0 aromatic carbocycles. The van der Waals surface area contributed by atoms with Gasteiger partial charge in [0.05, 0.1) is 0 Å². The van der Waals surface area contributed by atoms with Crippen LogP contribution in [-0.4, -0.2) is 31.6 Å². The van der Waals surface area contributed by atoms with Crippen molar-refractivity contribution in [2.75, 3.05) is 19.8 Å². The molecular weight excluding hydrogens is 178 g/mol. The minimum absolute atomic E-state index is 0.282. The van der Waals surface area contributed by atoms with Crippen LogP contribution < -0.4 is 5.32 Å². The Labute approximate surface area is 85.2 Å². The Hall–Kier alpha value is -0.410. The van der Waals surface area contributed by atoms with Crippen molar-refractivity contribution in [1.29, 1.82) is 0 Å². The minimum Gasteiger partial charge on any atom is -0.381 e. The number of carbonyl (C=O) groups is 1. The van der Waals surface area contributed by atoms with E-state index >= 15 is 0 Å². The summed E-state index contributed by atoms with van der Waals surface area (Å²) in [7, 11) is 0. The topological polar surface area (TPSA) is 38.3 Å². The van der Waals surface area contributed by atoms with Gasteiger partial charge in [0.25, 0.3) is 0 Å². The molecule has 1 N–H and O–H groups in total. The molecule has 2 aliphatic rings.